The summed E-state index contributed by atoms with van der Waals surface area (Å²) in [6, 6.07) is 18.1. The molecular weight excluding hydrogens is 437 g/mol. The Labute approximate surface area is 194 Å². The molecule has 164 valence electrons. The minimum Gasteiger partial charge on any atom is -0.318 e. The molecule has 2 aliphatic rings. The number of halogens is 1. The first-order chi connectivity index (χ1) is 15.9. The highest BCUT2D eigenvalue weighted by Crippen LogP contribution is 2.31. The van der Waals surface area contributed by atoms with Gasteiger partial charge in [0.25, 0.3) is 5.91 Å². The van der Waals surface area contributed by atoms with E-state index in [-0.39, 0.29) is 17.2 Å². The number of hydrogen-bond donors (Lipinski definition) is 1. The molecule has 6 nitrogen and oxygen atoms in total. The van der Waals surface area contributed by atoms with Crippen molar-refractivity contribution in [2.45, 2.75) is 20.3 Å². The lowest BCUT2D eigenvalue weighted by Gasteiger charge is -2.20. The normalized spacial score (nSPS) is 16.8. The minimum atomic E-state index is -0.457. The number of rotatable bonds is 4. The molecule has 0 saturated carbocycles. The molecule has 0 aliphatic carbocycles. The highest BCUT2D eigenvalue weighted by atomic mass is 32.2. The van der Waals surface area contributed by atoms with Crippen LogP contribution in [0.3, 0.4) is 0 Å². The van der Waals surface area contributed by atoms with Crippen molar-refractivity contribution < 1.29 is 9.18 Å². The molecule has 3 aromatic rings. The molecule has 5 rings (SSSR count). The molecule has 1 aromatic heterocycles. The number of carbonyl (C=O) groups is 1. The monoisotopic (exact) mass is 457 g/mol. The van der Waals surface area contributed by atoms with Gasteiger partial charge in [0.15, 0.2) is 5.84 Å². The smallest absolute Gasteiger partial charge is 0.283 e. The molecule has 1 N–H and O–H groups in total. The molecule has 2 aliphatic heterocycles. The van der Waals surface area contributed by atoms with Crippen molar-refractivity contribution in [3.8, 4) is 5.69 Å². The maximum Gasteiger partial charge on any atom is 0.283 e. The number of nitrogens with zero attached hydrogens (tertiary/aromatic N) is 4. The van der Waals surface area contributed by atoms with Crippen LogP contribution in [-0.2, 0) is 11.2 Å². The first kappa shape index (κ1) is 21.1. The fraction of sp³-hybridized carbons (Fsp3) is 0.120. The van der Waals surface area contributed by atoms with Crippen molar-refractivity contribution in [3.05, 3.63) is 94.6 Å². The topological polar surface area (TPSA) is 73.8 Å². The number of aromatic nitrogens is 1. The number of carbonyl (C=O) groups excluding carboxylic acids is 1. The van der Waals surface area contributed by atoms with Crippen LogP contribution in [0.5, 0.6) is 0 Å². The van der Waals surface area contributed by atoms with E-state index in [4.69, 9.17) is 5.41 Å². The second kappa shape index (κ2) is 8.29. The molecule has 1 amide bonds. The summed E-state index contributed by atoms with van der Waals surface area (Å²) in [5.41, 5.74) is 4.72. The molecule has 0 bridgehead atoms. The standard InChI is InChI=1S/C25H20FN5OS/c1-15-12-18(16(2)30(15)20-10-8-19(26)9-11-20)14-21-23(27)31-25(28-24(21)32)33-22(29-31)13-17-6-4-3-5-7-17/h3-12,14,27H,13H2,1-2H3/b21-14-,27-23?. The summed E-state index contributed by atoms with van der Waals surface area (Å²) >= 11 is 1.32. The van der Waals surface area contributed by atoms with Crippen molar-refractivity contribution in [2.24, 2.45) is 10.1 Å². The third-order valence-electron chi connectivity index (χ3n) is 5.55. The quantitative estimate of drug-likeness (QED) is 0.554. The first-order valence-corrected chi connectivity index (χ1v) is 11.2. The molecule has 33 heavy (non-hydrogen) atoms. The van der Waals surface area contributed by atoms with E-state index in [9.17, 15) is 9.18 Å². The van der Waals surface area contributed by atoms with E-state index < -0.39 is 5.91 Å². The van der Waals surface area contributed by atoms with Crippen LogP contribution in [-0.4, -0.2) is 31.5 Å². The van der Waals surface area contributed by atoms with Crippen LogP contribution in [0.25, 0.3) is 11.8 Å². The number of aryl methyl sites for hydroxylation is 1. The number of nitrogens with one attached hydrogen (secondary N) is 1. The fourth-order valence-electron chi connectivity index (χ4n) is 3.95. The maximum atomic E-state index is 13.4. The van der Waals surface area contributed by atoms with Gasteiger partial charge in [-0.1, -0.05) is 30.3 Å². The maximum absolute atomic E-state index is 13.4. The van der Waals surface area contributed by atoms with Crippen molar-refractivity contribution in [2.75, 3.05) is 0 Å². The molecule has 2 aromatic carbocycles. The Morgan fingerprint density at radius 3 is 2.55 bits per heavy atom. The predicted molar refractivity (Wildman–Crippen MR) is 130 cm³/mol. The van der Waals surface area contributed by atoms with Crippen molar-refractivity contribution in [1.82, 2.24) is 9.58 Å². The van der Waals surface area contributed by atoms with Crippen LogP contribution in [0.2, 0.25) is 0 Å². The number of fused-ring (bicyclic) bond motifs is 1. The summed E-state index contributed by atoms with van der Waals surface area (Å²) in [4.78, 5) is 17.0. The fourth-order valence-corrected chi connectivity index (χ4v) is 4.87. The van der Waals surface area contributed by atoms with Gasteiger partial charge in [-0.15, -0.1) is 0 Å². The minimum absolute atomic E-state index is 0.00662. The zero-order valence-corrected chi connectivity index (χ0v) is 18.9. The van der Waals surface area contributed by atoms with E-state index in [2.05, 4.69) is 10.1 Å². The summed E-state index contributed by atoms with van der Waals surface area (Å²) in [6.45, 7) is 3.87. The summed E-state index contributed by atoms with van der Waals surface area (Å²) in [6.07, 6.45) is 2.29. The van der Waals surface area contributed by atoms with Gasteiger partial charge in [0.1, 0.15) is 10.9 Å². The van der Waals surface area contributed by atoms with E-state index >= 15 is 0 Å². The third-order valence-corrected chi connectivity index (χ3v) is 6.46. The van der Waals surface area contributed by atoms with E-state index in [1.807, 2.05) is 54.8 Å². The Bertz CT molecular complexity index is 1370. The van der Waals surface area contributed by atoms with Gasteiger partial charge in [-0.2, -0.15) is 15.1 Å². The number of hydrogen-bond acceptors (Lipinski definition) is 4. The molecule has 0 radical (unpaired) electrons. The zero-order valence-electron chi connectivity index (χ0n) is 18.0. The Morgan fingerprint density at radius 1 is 1.09 bits per heavy atom. The molecule has 0 spiro atoms. The molecule has 8 heteroatoms. The SMILES string of the molecule is Cc1cc(/C=C2/C(=N)N3N=C(Cc4ccccc4)SC3=NC2=O)c(C)n1-c1ccc(F)cc1. The average Bonchev–Trinajstić information content (AvgIpc) is 3.32. The van der Waals surface area contributed by atoms with Crippen molar-refractivity contribution in [3.63, 3.8) is 0 Å². The van der Waals surface area contributed by atoms with E-state index in [1.165, 1.54) is 28.9 Å². The van der Waals surface area contributed by atoms with E-state index in [0.29, 0.717) is 11.6 Å². The number of benzene rings is 2. The van der Waals surface area contributed by atoms with Gasteiger partial charge in [0, 0.05) is 23.5 Å². The van der Waals surface area contributed by atoms with Crippen LogP contribution in [0, 0.1) is 25.1 Å². The van der Waals surface area contributed by atoms with Gasteiger partial charge in [0.2, 0.25) is 5.17 Å². The average molecular weight is 458 g/mol. The number of thioether (sulfide) groups is 1. The summed E-state index contributed by atoms with van der Waals surface area (Å²) in [7, 11) is 0. The van der Waals surface area contributed by atoms with E-state index in [1.54, 1.807) is 18.2 Å². The number of aliphatic imine (C=N–C) groups is 1. The van der Waals surface area contributed by atoms with Gasteiger partial charge >= 0.3 is 0 Å². The zero-order chi connectivity index (χ0) is 23.1. The Morgan fingerprint density at radius 2 is 1.82 bits per heavy atom. The number of amidine groups is 2. The van der Waals surface area contributed by atoms with Crippen LogP contribution in [0.4, 0.5) is 4.39 Å². The molecule has 0 fully saturated rings. The summed E-state index contributed by atoms with van der Waals surface area (Å²) < 4.78 is 15.3. The predicted octanol–water partition coefficient (Wildman–Crippen LogP) is 5.10. The lowest BCUT2D eigenvalue weighted by atomic mass is 10.1. The van der Waals surface area contributed by atoms with Crippen LogP contribution in [0.1, 0.15) is 22.5 Å². The second-order valence-corrected chi connectivity index (χ2v) is 8.85. The number of hydrazone groups is 1. The van der Waals surface area contributed by atoms with Crippen molar-refractivity contribution in [1.29, 1.82) is 5.41 Å². The highest BCUT2D eigenvalue weighted by molar-refractivity contribution is 8.26. The van der Waals surface area contributed by atoms with Crippen LogP contribution >= 0.6 is 11.8 Å². The summed E-state index contributed by atoms with van der Waals surface area (Å²) in [5.74, 6) is -0.747. The molecule has 0 saturated heterocycles. The lowest BCUT2D eigenvalue weighted by Crippen LogP contribution is -2.35. The molecule has 3 heterocycles. The molecular formula is C25H20FN5OS. The lowest BCUT2D eigenvalue weighted by molar-refractivity contribution is -0.114. The molecule has 0 atom stereocenters. The van der Waals surface area contributed by atoms with Gasteiger partial charge < -0.3 is 4.57 Å². The molecule has 0 unspecified atom stereocenters. The highest BCUT2D eigenvalue weighted by Gasteiger charge is 2.35. The van der Waals surface area contributed by atoms with Gasteiger partial charge in [0.05, 0.1) is 5.57 Å². The summed E-state index contributed by atoms with van der Waals surface area (Å²) in [5, 5.41) is 15.8. The van der Waals surface area contributed by atoms with Crippen LogP contribution in [0.15, 0.2) is 76.3 Å². The van der Waals surface area contributed by atoms with E-state index in [0.717, 1.165) is 33.2 Å². The number of amides is 1. The second-order valence-electron chi connectivity index (χ2n) is 7.81. The first-order valence-electron chi connectivity index (χ1n) is 10.4. The Balaban J connectivity index is 1.46. The Hall–Kier alpha value is -3.78. The van der Waals surface area contributed by atoms with Crippen molar-refractivity contribution >= 4 is 39.8 Å². The van der Waals surface area contributed by atoms with Gasteiger partial charge in [-0.25, -0.2) is 4.39 Å². The Kier molecular flexibility index (Phi) is 5.30. The largest absolute Gasteiger partial charge is 0.318 e. The van der Waals surface area contributed by atoms with Gasteiger partial charge in [-0.05, 0) is 73.1 Å². The van der Waals surface area contributed by atoms with Gasteiger partial charge in [-0.3, -0.25) is 10.2 Å². The van der Waals surface area contributed by atoms with Crippen LogP contribution < -0.4 is 0 Å². The third kappa shape index (κ3) is 3.93.